The number of hydrogen-bond donors (Lipinski definition) is 1. The lowest BCUT2D eigenvalue weighted by Crippen LogP contribution is -1.93. The number of rotatable bonds is 1. The second-order valence-corrected chi connectivity index (χ2v) is 8.63. The van der Waals surface area contributed by atoms with Crippen molar-refractivity contribution in [3.05, 3.63) is 103 Å². The molecule has 3 nitrogen and oxygen atoms in total. The van der Waals surface area contributed by atoms with E-state index in [1.807, 2.05) is 6.07 Å². The van der Waals surface area contributed by atoms with Gasteiger partial charge in [0.05, 0.1) is 27.3 Å². The average Bonchev–Trinajstić information content (AvgIpc) is 3.53. The number of furan rings is 1. The highest BCUT2D eigenvalue weighted by Crippen LogP contribution is 2.47. The molecule has 3 heterocycles. The molecule has 0 aliphatic carbocycles. The molecule has 8 rings (SSSR count). The molecule has 0 spiro atoms. The zero-order valence-electron chi connectivity index (χ0n) is 17.7. The van der Waals surface area contributed by atoms with Crippen LogP contribution in [0, 0.1) is 0 Å². The van der Waals surface area contributed by atoms with Crippen LogP contribution in [-0.2, 0) is 0 Å². The second kappa shape index (κ2) is 6.05. The first kappa shape index (κ1) is 17.1. The second-order valence-electron chi connectivity index (χ2n) is 8.63. The van der Waals surface area contributed by atoms with Gasteiger partial charge in [0.1, 0.15) is 11.2 Å². The van der Waals surface area contributed by atoms with Gasteiger partial charge < -0.3 is 14.0 Å². The summed E-state index contributed by atoms with van der Waals surface area (Å²) >= 11 is 0. The Bertz CT molecular complexity index is 1990. The van der Waals surface area contributed by atoms with E-state index in [0.29, 0.717) is 0 Å². The van der Waals surface area contributed by atoms with Gasteiger partial charge in [0.2, 0.25) is 0 Å². The van der Waals surface area contributed by atoms with Crippen molar-refractivity contribution in [2.45, 2.75) is 0 Å². The minimum absolute atomic E-state index is 0.913. The highest BCUT2D eigenvalue weighted by molar-refractivity contribution is 6.38. The Morgan fingerprint density at radius 2 is 1.27 bits per heavy atom. The summed E-state index contributed by atoms with van der Waals surface area (Å²) in [5, 5.41) is 7.12. The number of nitrogens with zero attached hydrogens (tertiary/aromatic N) is 1. The smallest absolute Gasteiger partial charge is 0.147 e. The highest BCUT2D eigenvalue weighted by atomic mass is 16.3. The van der Waals surface area contributed by atoms with Crippen LogP contribution in [0.2, 0.25) is 0 Å². The Morgan fingerprint density at radius 3 is 2.15 bits per heavy atom. The fourth-order valence-electron chi connectivity index (χ4n) is 5.60. The van der Waals surface area contributed by atoms with E-state index in [2.05, 4.69) is 107 Å². The van der Waals surface area contributed by atoms with Crippen LogP contribution in [-0.4, -0.2) is 9.55 Å². The molecule has 154 valence electrons. The number of hydrogen-bond acceptors (Lipinski definition) is 1. The fourth-order valence-corrected chi connectivity index (χ4v) is 5.60. The molecule has 0 saturated carbocycles. The third kappa shape index (κ3) is 2.09. The van der Waals surface area contributed by atoms with Gasteiger partial charge in [0.15, 0.2) is 0 Å². The predicted molar refractivity (Wildman–Crippen MR) is 137 cm³/mol. The van der Waals surface area contributed by atoms with Crippen molar-refractivity contribution in [3.8, 4) is 5.69 Å². The van der Waals surface area contributed by atoms with Gasteiger partial charge in [-0.15, -0.1) is 0 Å². The van der Waals surface area contributed by atoms with E-state index in [-0.39, 0.29) is 0 Å². The minimum atomic E-state index is 0.913. The summed E-state index contributed by atoms with van der Waals surface area (Å²) in [6.45, 7) is 0. The molecule has 0 atom stereocenters. The largest absolute Gasteiger partial charge is 0.455 e. The molecule has 3 heteroatoms. The maximum atomic E-state index is 6.59. The highest BCUT2D eigenvalue weighted by Gasteiger charge is 2.24. The molecule has 0 amide bonds. The maximum absolute atomic E-state index is 6.59. The van der Waals surface area contributed by atoms with Crippen molar-refractivity contribution in [1.82, 2.24) is 9.55 Å². The van der Waals surface area contributed by atoms with Gasteiger partial charge in [0.25, 0.3) is 0 Å². The van der Waals surface area contributed by atoms with Crippen molar-refractivity contribution in [3.63, 3.8) is 0 Å². The van der Waals surface area contributed by atoms with Gasteiger partial charge in [-0.3, -0.25) is 0 Å². The van der Waals surface area contributed by atoms with E-state index in [1.54, 1.807) is 0 Å². The van der Waals surface area contributed by atoms with Gasteiger partial charge in [-0.05, 0) is 30.3 Å². The van der Waals surface area contributed by atoms with Crippen molar-refractivity contribution >= 4 is 65.6 Å². The van der Waals surface area contributed by atoms with Crippen LogP contribution in [0.15, 0.2) is 108 Å². The number of aromatic nitrogens is 2. The van der Waals surface area contributed by atoms with Crippen molar-refractivity contribution in [2.24, 2.45) is 0 Å². The molecular weight excluding hydrogens is 404 g/mol. The normalized spacial score (nSPS) is 12.2. The molecule has 0 unspecified atom stereocenters. The Balaban J connectivity index is 1.80. The lowest BCUT2D eigenvalue weighted by Gasteiger charge is -2.09. The van der Waals surface area contributed by atoms with E-state index in [0.717, 1.165) is 44.0 Å². The first-order valence-corrected chi connectivity index (χ1v) is 11.2. The fraction of sp³-hybridized carbons (Fsp3) is 0. The molecule has 0 radical (unpaired) electrons. The van der Waals surface area contributed by atoms with Crippen LogP contribution in [0.4, 0.5) is 0 Å². The number of H-pyrrole nitrogens is 1. The third-order valence-corrected chi connectivity index (χ3v) is 6.90. The zero-order chi connectivity index (χ0) is 21.5. The standard InChI is InChI=1S/C30H18N2O/c1-2-10-18(11-3-1)32-23-16-8-5-13-20(23)27-29(32)25-19-12-4-7-15-22(19)31-28(25)26-21-14-6-9-17-24(21)33-30(26)27/h1-17,31H. The Morgan fingerprint density at radius 1 is 0.576 bits per heavy atom. The number of benzene rings is 5. The van der Waals surface area contributed by atoms with Crippen molar-refractivity contribution in [1.29, 1.82) is 0 Å². The lowest BCUT2D eigenvalue weighted by atomic mass is 10.0. The number of nitrogens with one attached hydrogen (secondary N) is 1. The monoisotopic (exact) mass is 422 g/mol. The van der Waals surface area contributed by atoms with Crippen molar-refractivity contribution in [2.75, 3.05) is 0 Å². The molecule has 0 aliphatic rings. The molecule has 0 fully saturated rings. The van der Waals surface area contributed by atoms with Crippen LogP contribution in [0.1, 0.15) is 0 Å². The Labute approximate surface area is 188 Å². The third-order valence-electron chi connectivity index (χ3n) is 6.90. The van der Waals surface area contributed by atoms with Crippen LogP contribution in [0.25, 0.3) is 71.2 Å². The van der Waals surface area contributed by atoms with Gasteiger partial charge in [-0.1, -0.05) is 72.8 Å². The quantitative estimate of drug-likeness (QED) is 0.283. The lowest BCUT2D eigenvalue weighted by molar-refractivity contribution is 0.673. The van der Waals surface area contributed by atoms with Crippen LogP contribution >= 0.6 is 0 Å². The first-order chi connectivity index (χ1) is 16.4. The topological polar surface area (TPSA) is 33.9 Å². The first-order valence-electron chi connectivity index (χ1n) is 11.2. The molecular formula is C30H18N2O. The maximum Gasteiger partial charge on any atom is 0.147 e. The van der Waals surface area contributed by atoms with Crippen LogP contribution < -0.4 is 0 Å². The summed E-state index contributed by atoms with van der Waals surface area (Å²) < 4.78 is 8.98. The summed E-state index contributed by atoms with van der Waals surface area (Å²) in [5.41, 5.74) is 7.62. The van der Waals surface area contributed by atoms with E-state index in [9.17, 15) is 0 Å². The Hall–Kier alpha value is -4.50. The average molecular weight is 422 g/mol. The van der Waals surface area contributed by atoms with E-state index in [4.69, 9.17) is 4.42 Å². The van der Waals surface area contributed by atoms with E-state index < -0.39 is 0 Å². The van der Waals surface area contributed by atoms with E-state index in [1.165, 1.54) is 27.2 Å². The molecule has 1 N–H and O–H groups in total. The summed E-state index contributed by atoms with van der Waals surface area (Å²) in [6.07, 6.45) is 0. The zero-order valence-corrected chi connectivity index (χ0v) is 17.7. The summed E-state index contributed by atoms with van der Waals surface area (Å²) in [5.74, 6) is 0. The number of para-hydroxylation sites is 4. The molecule has 3 aromatic heterocycles. The predicted octanol–water partition coefficient (Wildman–Crippen LogP) is 8.32. The molecule has 0 aliphatic heterocycles. The van der Waals surface area contributed by atoms with Crippen molar-refractivity contribution < 1.29 is 4.42 Å². The van der Waals surface area contributed by atoms with Gasteiger partial charge in [-0.25, -0.2) is 0 Å². The number of fused-ring (bicyclic) bond motifs is 12. The number of aromatic amines is 1. The van der Waals surface area contributed by atoms with Gasteiger partial charge in [0, 0.05) is 32.7 Å². The summed E-state index contributed by atoms with van der Waals surface area (Å²) in [7, 11) is 0. The molecule has 0 bridgehead atoms. The summed E-state index contributed by atoms with van der Waals surface area (Å²) in [6, 6.07) is 36.2. The molecule has 8 aromatic rings. The van der Waals surface area contributed by atoms with Gasteiger partial charge >= 0.3 is 0 Å². The van der Waals surface area contributed by atoms with Crippen LogP contribution in [0.3, 0.4) is 0 Å². The Kier molecular flexibility index (Phi) is 3.14. The van der Waals surface area contributed by atoms with Gasteiger partial charge in [-0.2, -0.15) is 0 Å². The molecule has 33 heavy (non-hydrogen) atoms. The molecule has 5 aromatic carbocycles. The minimum Gasteiger partial charge on any atom is -0.455 e. The molecule has 0 saturated heterocycles. The summed E-state index contributed by atoms with van der Waals surface area (Å²) in [4.78, 5) is 3.74. The van der Waals surface area contributed by atoms with Crippen LogP contribution in [0.5, 0.6) is 0 Å². The SMILES string of the molecule is c1ccc(-n2c3ccccc3c3c4oc5ccccc5c4c4[nH]c5ccccc5c4c32)cc1. The van der Waals surface area contributed by atoms with E-state index >= 15 is 0 Å².